The molecular weight excluding hydrogens is 340 g/mol. The van der Waals surface area contributed by atoms with Crippen LogP contribution in [0.25, 0.3) is 11.5 Å². The summed E-state index contributed by atoms with van der Waals surface area (Å²) < 4.78 is 4.62. The highest BCUT2D eigenvalue weighted by Gasteiger charge is 2.11. The molecule has 0 saturated heterocycles. The highest BCUT2D eigenvalue weighted by molar-refractivity contribution is 5.93. The van der Waals surface area contributed by atoms with Gasteiger partial charge in [-0.1, -0.05) is 12.1 Å². The first-order valence-electron chi connectivity index (χ1n) is 7.46. The molecule has 0 saturated carbocycles. The smallest absolute Gasteiger partial charge is 0.339 e. The number of aromatic nitrogens is 5. The Hall–Kier alpha value is -3.66. The number of hydroxylamine groups is 1. The average molecular weight is 354 g/mol. The van der Waals surface area contributed by atoms with Gasteiger partial charge in [0.2, 0.25) is 5.82 Å². The second-order valence-corrected chi connectivity index (χ2v) is 5.20. The van der Waals surface area contributed by atoms with Gasteiger partial charge in [-0.2, -0.15) is 4.80 Å². The SMILES string of the molecule is COC(=O)c1ccc(-c2nnn(Cc3ccc(C(=O)NO)cc3)n2)nc1. The Morgan fingerprint density at radius 3 is 2.50 bits per heavy atom. The van der Waals surface area contributed by atoms with E-state index >= 15 is 0 Å². The first-order valence-corrected chi connectivity index (χ1v) is 7.46. The van der Waals surface area contributed by atoms with Crippen molar-refractivity contribution in [2.24, 2.45) is 0 Å². The largest absolute Gasteiger partial charge is 0.465 e. The number of pyridine rings is 1. The molecule has 0 aliphatic rings. The summed E-state index contributed by atoms with van der Waals surface area (Å²) in [7, 11) is 1.30. The van der Waals surface area contributed by atoms with Crippen molar-refractivity contribution in [3.8, 4) is 11.5 Å². The molecule has 0 aliphatic heterocycles. The monoisotopic (exact) mass is 354 g/mol. The van der Waals surface area contributed by atoms with Crippen molar-refractivity contribution in [3.63, 3.8) is 0 Å². The van der Waals surface area contributed by atoms with E-state index in [9.17, 15) is 9.59 Å². The quantitative estimate of drug-likeness (QED) is 0.388. The van der Waals surface area contributed by atoms with Gasteiger partial charge in [0.05, 0.1) is 19.2 Å². The van der Waals surface area contributed by atoms with Crippen molar-refractivity contribution in [1.82, 2.24) is 30.7 Å². The molecule has 3 rings (SSSR count). The van der Waals surface area contributed by atoms with Crippen LogP contribution in [0.4, 0.5) is 0 Å². The molecule has 0 aliphatic carbocycles. The fourth-order valence-corrected chi connectivity index (χ4v) is 2.17. The molecule has 3 aromatic rings. The van der Waals surface area contributed by atoms with Crippen molar-refractivity contribution in [1.29, 1.82) is 0 Å². The first kappa shape index (κ1) is 17.2. The summed E-state index contributed by atoms with van der Waals surface area (Å²) in [5, 5.41) is 20.7. The molecule has 0 atom stereocenters. The normalized spacial score (nSPS) is 10.4. The van der Waals surface area contributed by atoms with E-state index in [0.717, 1.165) is 5.56 Å². The molecule has 132 valence electrons. The van der Waals surface area contributed by atoms with Gasteiger partial charge in [0.1, 0.15) is 5.69 Å². The number of nitrogens with one attached hydrogen (secondary N) is 1. The number of carbonyl (C=O) groups is 2. The fourth-order valence-electron chi connectivity index (χ4n) is 2.17. The van der Waals surface area contributed by atoms with E-state index in [1.165, 1.54) is 18.1 Å². The minimum atomic E-state index is -0.584. The van der Waals surface area contributed by atoms with Crippen LogP contribution < -0.4 is 5.48 Å². The summed E-state index contributed by atoms with van der Waals surface area (Å²) in [6.07, 6.45) is 1.38. The molecule has 1 amide bonds. The second-order valence-electron chi connectivity index (χ2n) is 5.20. The number of hydrogen-bond donors (Lipinski definition) is 2. The van der Waals surface area contributed by atoms with Gasteiger partial charge in [-0.15, -0.1) is 10.2 Å². The van der Waals surface area contributed by atoms with Crippen molar-refractivity contribution in [2.45, 2.75) is 6.54 Å². The first-order chi connectivity index (χ1) is 12.6. The van der Waals surface area contributed by atoms with Gasteiger partial charge < -0.3 is 4.74 Å². The minimum Gasteiger partial charge on any atom is -0.465 e. The third kappa shape index (κ3) is 3.70. The van der Waals surface area contributed by atoms with Crippen LogP contribution >= 0.6 is 0 Å². The summed E-state index contributed by atoms with van der Waals surface area (Å²) in [5.74, 6) is -0.740. The van der Waals surface area contributed by atoms with E-state index in [-0.39, 0.29) is 0 Å². The number of hydrogen-bond acceptors (Lipinski definition) is 8. The van der Waals surface area contributed by atoms with E-state index in [0.29, 0.717) is 29.2 Å². The van der Waals surface area contributed by atoms with Crippen LogP contribution in [0.1, 0.15) is 26.3 Å². The lowest BCUT2D eigenvalue weighted by molar-refractivity contribution is 0.0600. The van der Waals surface area contributed by atoms with Gasteiger partial charge in [-0.05, 0) is 35.0 Å². The molecule has 10 nitrogen and oxygen atoms in total. The molecular formula is C16H14N6O4. The number of ether oxygens (including phenoxy) is 1. The molecule has 0 fully saturated rings. The number of esters is 1. The molecule has 0 bridgehead atoms. The van der Waals surface area contributed by atoms with Gasteiger partial charge >= 0.3 is 5.97 Å². The van der Waals surface area contributed by atoms with Crippen LogP contribution in [-0.2, 0) is 11.3 Å². The van der Waals surface area contributed by atoms with Gasteiger partial charge in [0, 0.05) is 11.8 Å². The van der Waals surface area contributed by atoms with Crippen LogP contribution in [0.3, 0.4) is 0 Å². The molecule has 1 aromatic carbocycles. The van der Waals surface area contributed by atoms with E-state index in [4.69, 9.17) is 5.21 Å². The lowest BCUT2D eigenvalue weighted by Gasteiger charge is -2.02. The van der Waals surface area contributed by atoms with Crippen molar-refractivity contribution in [3.05, 3.63) is 59.3 Å². The zero-order chi connectivity index (χ0) is 18.5. The van der Waals surface area contributed by atoms with Gasteiger partial charge in [0.25, 0.3) is 5.91 Å². The fraction of sp³-hybridized carbons (Fsp3) is 0.125. The molecule has 2 heterocycles. The Balaban J connectivity index is 1.71. The second kappa shape index (κ2) is 7.49. The standard InChI is InChI=1S/C16H14N6O4/c1-26-16(24)12-6-7-13(17-8-12)14-18-21-22(19-14)9-10-2-4-11(5-3-10)15(23)20-25/h2-8,25H,9H2,1H3,(H,20,23). The number of carbonyl (C=O) groups excluding carboxylic acids is 2. The summed E-state index contributed by atoms with van der Waals surface area (Å²) in [6.45, 7) is 0.342. The highest BCUT2D eigenvalue weighted by atomic mass is 16.5. The Morgan fingerprint density at radius 2 is 1.88 bits per heavy atom. The maximum absolute atomic E-state index is 11.4. The lowest BCUT2D eigenvalue weighted by atomic mass is 10.1. The van der Waals surface area contributed by atoms with Crippen LogP contribution in [0.2, 0.25) is 0 Å². The molecule has 2 N–H and O–H groups in total. The Morgan fingerprint density at radius 1 is 1.15 bits per heavy atom. The topological polar surface area (TPSA) is 132 Å². The van der Waals surface area contributed by atoms with Crippen LogP contribution in [0.5, 0.6) is 0 Å². The van der Waals surface area contributed by atoms with E-state index in [1.54, 1.807) is 41.9 Å². The number of amides is 1. The van der Waals surface area contributed by atoms with Gasteiger partial charge in [-0.3, -0.25) is 15.0 Å². The Kier molecular flexibility index (Phi) is 4.94. The predicted molar refractivity (Wildman–Crippen MR) is 87.2 cm³/mol. The summed E-state index contributed by atoms with van der Waals surface area (Å²) >= 11 is 0. The zero-order valence-corrected chi connectivity index (χ0v) is 13.7. The van der Waals surface area contributed by atoms with Crippen molar-refractivity contribution >= 4 is 11.9 Å². The number of methoxy groups -OCH3 is 1. The third-order valence-corrected chi connectivity index (χ3v) is 3.51. The van der Waals surface area contributed by atoms with Gasteiger partial charge in [-0.25, -0.2) is 10.3 Å². The Bertz CT molecular complexity index is 921. The summed E-state index contributed by atoms with van der Waals surface area (Å²) in [4.78, 5) is 28.2. The maximum Gasteiger partial charge on any atom is 0.339 e. The van der Waals surface area contributed by atoms with E-state index in [1.807, 2.05) is 0 Å². The van der Waals surface area contributed by atoms with E-state index < -0.39 is 11.9 Å². The molecule has 0 spiro atoms. The number of tetrazole rings is 1. The van der Waals surface area contributed by atoms with E-state index in [2.05, 4.69) is 25.1 Å². The summed E-state index contributed by atoms with van der Waals surface area (Å²) in [6, 6.07) is 9.77. The number of nitrogens with zero attached hydrogens (tertiary/aromatic N) is 5. The molecule has 26 heavy (non-hydrogen) atoms. The van der Waals surface area contributed by atoms with Crippen LogP contribution in [-0.4, -0.2) is 49.4 Å². The Labute approximate surface area is 147 Å². The van der Waals surface area contributed by atoms with Crippen LogP contribution in [0, 0.1) is 0 Å². The van der Waals surface area contributed by atoms with Gasteiger partial charge in [0.15, 0.2) is 0 Å². The highest BCUT2D eigenvalue weighted by Crippen LogP contribution is 2.12. The molecule has 2 aromatic heterocycles. The summed E-state index contributed by atoms with van der Waals surface area (Å²) in [5.41, 5.74) is 3.55. The van der Waals surface area contributed by atoms with Crippen LogP contribution in [0.15, 0.2) is 42.6 Å². The molecule has 10 heteroatoms. The number of rotatable bonds is 5. The van der Waals surface area contributed by atoms with Crippen molar-refractivity contribution in [2.75, 3.05) is 7.11 Å². The minimum absolute atomic E-state index is 0.317. The predicted octanol–water partition coefficient (Wildman–Crippen LogP) is 0.689. The van der Waals surface area contributed by atoms with Crippen molar-refractivity contribution < 1.29 is 19.5 Å². The molecule has 0 unspecified atom stereocenters. The molecule has 0 radical (unpaired) electrons. The maximum atomic E-state index is 11.4. The lowest BCUT2D eigenvalue weighted by Crippen LogP contribution is -2.18. The average Bonchev–Trinajstić information content (AvgIpc) is 3.16. The zero-order valence-electron chi connectivity index (χ0n) is 13.7. The third-order valence-electron chi connectivity index (χ3n) is 3.51. The number of benzene rings is 1.